The molecule has 0 amide bonds. The van der Waals surface area contributed by atoms with Crippen LogP contribution >= 0.6 is 0 Å². The lowest BCUT2D eigenvalue weighted by Gasteiger charge is -2.14. The van der Waals surface area contributed by atoms with E-state index in [2.05, 4.69) is 0 Å². The molecule has 21 heavy (non-hydrogen) atoms. The average Bonchev–Trinajstić information content (AvgIpc) is 2.31. The van der Waals surface area contributed by atoms with E-state index >= 15 is 0 Å². The zero-order valence-corrected chi connectivity index (χ0v) is 13.1. The third-order valence-corrected chi connectivity index (χ3v) is 3.72. The van der Waals surface area contributed by atoms with Gasteiger partial charge >= 0.3 is 0 Å². The first-order valence-corrected chi connectivity index (χ1v) is 6.74. The molecule has 1 aromatic rings. The van der Waals surface area contributed by atoms with Crippen LogP contribution < -0.4 is 0 Å². The number of hydrogen-bond acceptors (Lipinski definition) is 5. The molecule has 0 N–H and O–H groups in total. The maximum atomic E-state index is 11.2. The molecule has 7 heteroatoms. The molecule has 0 saturated heterocycles. The van der Waals surface area contributed by atoms with Crippen molar-refractivity contribution in [2.75, 3.05) is 20.6 Å². The lowest BCUT2D eigenvalue weighted by molar-refractivity contribution is -0.396. The minimum absolute atomic E-state index is 0.132. The highest BCUT2D eigenvalue weighted by Gasteiger charge is 2.30. The minimum Gasteiger partial charge on any atom is -0.309 e. The molecule has 0 aliphatic carbocycles. The number of hydrogen-bond donors (Lipinski definition) is 0. The van der Waals surface area contributed by atoms with Gasteiger partial charge in [-0.05, 0) is 59.8 Å². The molecule has 116 valence electrons. The van der Waals surface area contributed by atoms with Crippen LogP contribution in [0.5, 0.6) is 0 Å². The zero-order valence-electron chi connectivity index (χ0n) is 13.1. The van der Waals surface area contributed by atoms with E-state index in [9.17, 15) is 20.2 Å². The van der Waals surface area contributed by atoms with Crippen molar-refractivity contribution >= 4 is 11.4 Å². The monoisotopic (exact) mass is 295 g/mol. The van der Waals surface area contributed by atoms with E-state index in [0.29, 0.717) is 17.5 Å². The standard InChI is InChI=1S/C14H21N3O4/c1-9-12(7-6-8-15(4)5)10(2)14(17(20)21)11(3)13(9)16(18)19/h6-8H2,1-5H3. The highest BCUT2D eigenvalue weighted by atomic mass is 16.6. The number of rotatable bonds is 6. The Morgan fingerprint density at radius 3 is 1.67 bits per heavy atom. The molecule has 0 aliphatic rings. The Bertz CT molecular complexity index is 541. The Morgan fingerprint density at radius 2 is 1.33 bits per heavy atom. The Labute approximate surface area is 123 Å². The number of nitro benzene ring substituents is 2. The molecular weight excluding hydrogens is 274 g/mol. The van der Waals surface area contributed by atoms with E-state index in [1.54, 1.807) is 13.8 Å². The predicted octanol–water partition coefficient (Wildman–Crippen LogP) is 2.92. The van der Waals surface area contributed by atoms with Gasteiger partial charge in [0.2, 0.25) is 0 Å². The largest absolute Gasteiger partial charge is 0.309 e. The summed E-state index contributed by atoms with van der Waals surface area (Å²) in [5, 5.41) is 22.5. The first kappa shape index (κ1) is 17.0. The Morgan fingerprint density at radius 1 is 0.905 bits per heavy atom. The first-order valence-electron chi connectivity index (χ1n) is 6.74. The van der Waals surface area contributed by atoms with Gasteiger partial charge in [-0.15, -0.1) is 0 Å². The predicted molar refractivity (Wildman–Crippen MR) is 80.8 cm³/mol. The number of benzene rings is 1. The summed E-state index contributed by atoms with van der Waals surface area (Å²) in [6.07, 6.45) is 1.39. The fraction of sp³-hybridized carbons (Fsp3) is 0.571. The van der Waals surface area contributed by atoms with Crippen molar-refractivity contribution in [1.29, 1.82) is 0 Å². The zero-order chi connectivity index (χ0) is 16.3. The summed E-state index contributed by atoms with van der Waals surface area (Å²) in [5.74, 6) is 0. The molecule has 7 nitrogen and oxygen atoms in total. The Kier molecular flexibility index (Phi) is 5.37. The number of nitrogens with zero attached hydrogens (tertiary/aromatic N) is 3. The molecule has 0 fully saturated rings. The average molecular weight is 295 g/mol. The third-order valence-electron chi connectivity index (χ3n) is 3.72. The van der Waals surface area contributed by atoms with Crippen molar-refractivity contribution in [3.05, 3.63) is 42.5 Å². The van der Waals surface area contributed by atoms with Gasteiger partial charge in [-0.25, -0.2) is 0 Å². The van der Waals surface area contributed by atoms with Gasteiger partial charge in [-0.2, -0.15) is 0 Å². The highest BCUT2D eigenvalue weighted by molar-refractivity contribution is 5.65. The summed E-state index contributed by atoms with van der Waals surface area (Å²) in [4.78, 5) is 23.4. The molecule has 0 atom stereocenters. The van der Waals surface area contributed by atoms with Crippen LogP contribution in [0.2, 0.25) is 0 Å². The van der Waals surface area contributed by atoms with E-state index in [-0.39, 0.29) is 16.9 Å². The van der Waals surface area contributed by atoms with Gasteiger partial charge in [-0.3, -0.25) is 20.2 Å². The van der Waals surface area contributed by atoms with Gasteiger partial charge in [0.25, 0.3) is 11.4 Å². The molecule has 0 bridgehead atoms. The quantitative estimate of drug-likeness (QED) is 0.594. The summed E-state index contributed by atoms with van der Waals surface area (Å²) in [6.45, 7) is 5.62. The van der Waals surface area contributed by atoms with Gasteiger partial charge < -0.3 is 4.90 Å². The topological polar surface area (TPSA) is 89.5 Å². The van der Waals surface area contributed by atoms with Crippen LogP contribution in [0.3, 0.4) is 0 Å². The lowest BCUT2D eigenvalue weighted by atomic mass is 9.92. The molecule has 0 aliphatic heterocycles. The molecule has 0 spiro atoms. The van der Waals surface area contributed by atoms with Crippen molar-refractivity contribution < 1.29 is 9.85 Å². The Hall–Kier alpha value is -2.02. The highest BCUT2D eigenvalue weighted by Crippen LogP contribution is 2.37. The van der Waals surface area contributed by atoms with Crippen molar-refractivity contribution in [3.8, 4) is 0 Å². The maximum Gasteiger partial charge on any atom is 0.282 e. The van der Waals surface area contributed by atoms with Gasteiger partial charge in [0.15, 0.2) is 0 Å². The van der Waals surface area contributed by atoms with Crippen LogP contribution in [0, 0.1) is 41.0 Å². The third kappa shape index (κ3) is 3.55. The molecule has 0 saturated carbocycles. The van der Waals surface area contributed by atoms with E-state index in [0.717, 1.165) is 18.5 Å². The second kappa shape index (κ2) is 6.62. The Balaban J connectivity index is 3.41. The van der Waals surface area contributed by atoms with E-state index in [1.165, 1.54) is 6.92 Å². The van der Waals surface area contributed by atoms with Crippen LogP contribution in [0.15, 0.2) is 0 Å². The lowest BCUT2D eigenvalue weighted by Crippen LogP contribution is -2.14. The minimum atomic E-state index is -0.521. The van der Waals surface area contributed by atoms with Gasteiger partial charge in [0.1, 0.15) is 5.56 Å². The smallest absolute Gasteiger partial charge is 0.282 e. The van der Waals surface area contributed by atoms with Gasteiger partial charge in [0, 0.05) is 11.1 Å². The fourth-order valence-corrected chi connectivity index (χ4v) is 2.74. The van der Waals surface area contributed by atoms with Crippen molar-refractivity contribution in [2.45, 2.75) is 33.6 Å². The first-order chi connectivity index (χ1) is 9.68. The van der Waals surface area contributed by atoms with Crippen LogP contribution in [0.25, 0.3) is 0 Å². The van der Waals surface area contributed by atoms with E-state index in [1.807, 2.05) is 19.0 Å². The van der Waals surface area contributed by atoms with Gasteiger partial charge in [0.05, 0.1) is 9.85 Å². The van der Waals surface area contributed by atoms with Crippen molar-refractivity contribution in [2.24, 2.45) is 0 Å². The SMILES string of the molecule is Cc1c(CCCN(C)C)c(C)c([N+](=O)[O-])c(C)c1[N+](=O)[O-]. The number of nitro groups is 2. The summed E-state index contributed by atoms with van der Waals surface area (Å²) in [7, 11) is 3.89. The van der Waals surface area contributed by atoms with Crippen LogP contribution in [-0.4, -0.2) is 35.4 Å². The van der Waals surface area contributed by atoms with Crippen LogP contribution in [-0.2, 0) is 6.42 Å². The molecular formula is C14H21N3O4. The van der Waals surface area contributed by atoms with E-state index < -0.39 is 9.85 Å². The maximum absolute atomic E-state index is 11.2. The van der Waals surface area contributed by atoms with Crippen molar-refractivity contribution in [1.82, 2.24) is 4.90 Å². The molecule has 0 aromatic heterocycles. The normalized spacial score (nSPS) is 11.0. The van der Waals surface area contributed by atoms with Crippen LogP contribution in [0.1, 0.15) is 28.7 Å². The van der Waals surface area contributed by atoms with E-state index in [4.69, 9.17) is 0 Å². The van der Waals surface area contributed by atoms with Crippen molar-refractivity contribution in [3.63, 3.8) is 0 Å². The summed E-state index contributed by atoms with van der Waals surface area (Å²) >= 11 is 0. The van der Waals surface area contributed by atoms with Crippen LogP contribution in [0.4, 0.5) is 11.4 Å². The fourth-order valence-electron chi connectivity index (χ4n) is 2.74. The summed E-state index contributed by atoms with van der Waals surface area (Å²) < 4.78 is 0. The second-order valence-corrected chi connectivity index (χ2v) is 5.47. The molecule has 0 heterocycles. The molecule has 0 radical (unpaired) electrons. The summed E-state index contributed by atoms with van der Waals surface area (Å²) in [5.41, 5.74) is 1.68. The second-order valence-electron chi connectivity index (χ2n) is 5.47. The summed E-state index contributed by atoms with van der Waals surface area (Å²) in [6, 6.07) is 0. The molecule has 0 unspecified atom stereocenters. The van der Waals surface area contributed by atoms with Gasteiger partial charge in [-0.1, -0.05) is 0 Å². The molecule has 1 aromatic carbocycles. The molecule has 1 rings (SSSR count).